The Morgan fingerprint density at radius 2 is 2.22 bits per heavy atom. The monoisotopic (exact) mass is 349 g/mol. The fraction of sp³-hybridized carbons (Fsp3) is 0.733. The smallest absolute Gasteiger partial charge is 0.337 e. The number of aryl methyl sites for hydroxylation is 1. The van der Waals surface area contributed by atoms with Gasteiger partial charge < -0.3 is 10.6 Å². The molecule has 0 radical (unpaired) electrons. The fourth-order valence-corrected chi connectivity index (χ4v) is 3.64. The molecule has 1 aromatic heterocycles. The quantitative estimate of drug-likeness (QED) is 0.864. The van der Waals surface area contributed by atoms with Crippen LogP contribution in [0.4, 0.5) is 18.0 Å². The van der Waals surface area contributed by atoms with E-state index in [0.717, 1.165) is 10.7 Å². The van der Waals surface area contributed by atoms with E-state index >= 15 is 0 Å². The third-order valence-corrected chi connectivity index (χ3v) is 5.29. The van der Waals surface area contributed by atoms with E-state index in [1.165, 1.54) is 0 Å². The summed E-state index contributed by atoms with van der Waals surface area (Å²) in [6.07, 6.45) is -2.96. The van der Waals surface area contributed by atoms with E-state index in [9.17, 15) is 18.0 Å². The maximum absolute atomic E-state index is 12.8. The van der Waals surface area contributed by atoms with Gasteiger partial charge in [-0.25, -0.2) is 9.78 Å². The standard InChI is InChI=1S/C15H22F3N3OS/c1-9(13-20-10(2)8-23-13)7-19-14(22)21-12-5-3-4-11(6-12)15(16,17)18/h8-9,11-12H,3-7H2,1-2H3,(H2,19,21,22)/t9-,11+,12+/m1/s1. The lowest BCUT2D eigenvalue weighted by molar-refractivity contribution is -0.183. The van der Waals surface area contributed by atoms with Crippen molar-refractivity contribution >= 4 is 17.4 Å². The van der Waals surface area contributed by atoms with Gasteiger partial charge in [-0.2, -0.15) is 13.2 Å². The number of amides is 2. The first-order valence-corrected chi connectivity index (χ1v) is 8.66. The summed E-state index contributed by atoms with van der Waals surface area (Å²) in [5, 5.41) is 8.28. The fourth-order valence-electron chi connectivity index (χ4n) is 2.79. The zero-order chi connectivity index (χ0) is 17.0. The first kappa shape index (κ1) is 18.0. The van der Waals surface area contributed by atoms with Crippen LogP contribution >= 0.6 is 11.3 Å². The minimum Gasteiger partial charge on any atom is -0.337 e. The summed E-state index contributed by atoms with van der Waals surface area (Å²) < 4.78 is 38.3. The summed E-state index contributed by atoms with van der Waals surface area (Å²) >= 11 is 1.54. The minimum absolute atomic E-state index is 0.0296. The van der Waals surface area contributed by atoms with Gasteiger partial charge in [0.2, 0.25) is 0 Å². The Bertz CT molecular complexity index is 532. The van der Waals surface area contributed by atoms with Crippen molar-refractivity contribution in [2.75, 3.05) is 6.54 Å². The van der Waals surface area contributed by atoms with Crippen molar-refractivity contribution in [3.05, 3.63) is 16.1 Å². The van der Waals surface area contributed by atoms with E-state index in [4.69, 9.17) is 0 Å². The summed E-state index contributed by atoms with van der Waals surface area (Å²) in [4.78, 5) is 16.3. The van der Waals surface area contributed by atoms with Gasteiger partial charge in [0, 0.05) is 29.6 Å². The van der Waals surface area contributed by atoms with Crippen molar-refractivity contribution < 1.29 is 18.0 Å². The molecule has 130 valence electrons. The summed E-state index contributed by atoms with van der Waals surface area (Å²) in [6, 6.07) is -0.814. The number of hydrogen-bond acceptors (Lipinski definition) is 3. The number of thiazole rings is 1. The summed E-state index contributed by atoms with van der Waals surface area (Å²) in [5.41, 5.74) is 0.946. The molecular weight excluding hydrogens is 327 g/mol. The molecule has 0 aliphatic heterocycles. The van der Waals surface area contributed by atoms with Crippen molar-refractivity contribution in [2.24, 2.45) is 5.92 Å². The van der Waals surface area contributed by atoms with Gasteiger partial charge in [-0.1, -0.05) is 13.3 Å². The second-order valence-corrected chi connectivity index (χ2v) is 7.07. The Hall–Kier alpha value is -1.31. The maximum atomic E-state index is 12.8. The molecule has 2 N–H and O–H groups in total. The van der Waals surface area contributed by atoms with Crippen molar-refractivity contribution in [3.8, 4) is 0 Å². The molecule has 1 saturated carbocycles. The predicted molar refractivity (Wildman–Crippen MR) is 83.6 cm³/mol. The Morgan fingerprint density at radius 1 is 1.48 bits per heavy atom. The van der Waals surface area contributed by atoms with Crippen LogP contribution in [0.3, 0.4) is 0 Å². The van der Waals surface area contributed by atoms with Crippen molar-refractivity contribution in [2.45, 2.75) is 57.7 Å². The molecule has 0 unspecified atom stereocenters. The first-order chi connectivity index (χ1) is 10.8. The number of urea groups is 1. The highest BCUT2D eigenvalue weighted by Gasteiger charge is 2.42. The second kappa shape index (κ2) is 7.51. The minimum atomic E-state index is -4.17. The number of carbonyl (C=O) groups is 1. The highest BCUT2D eigenvalue weighted by molar-refractivity contribution is 7.09. The van der Waals surface area contributed by atoms with Crippen LogP contribution in [0, 0.1) is 12.8 Å². The predicted octanol–water partition coefficient (Wildman–Crippen LogP) is 3.98. The third-order valence-electron chi connectivity index (χ3n) is 4.10. The molecule has 0 bridgehead atoms. The highest BCUT2D eigenvalue weighted by Crippen LogP contribution is 2.37. The number of rotatable bonds is 4. The Balaban J connectivity index is 1.76. The normalized spacial score (nSPS) is 23.3. The maximum Gasteiger partial charge on any atom is 0.391 e. The van der Waals surface area contributed by atoms with E-state index in [0.29, 0.717) is 19.4 Å². The lowest BCUT2D eigenvalue weighted by atomic mass is 9.85. The third kappa shape index (κ3) is 5.37. The van der Waals surface area contributed by atoms with E-state index < -0.39 is 24.2 Å². The van der Waals surface area contributed by atoms with Crippen LogP contribution < -0.4 is 10.6 Å². The lowest BCUT2D eigenvalue weighted by Crippen LogP contribution is -2.46. The van der Waals surface area contributed by atoms with Crippen LogP contribution in [-0.2, 0) is 0 Å². The van der Waals surface area contributed by atoms with Gasteiger partial charge in [-0.15, -0.1) is 11.3 Å². The molecule has 23 heavy (non-hydrogen) atoms. The Kier molecular flexibility index (Phi) is 5.89. The number of aromatic nitrogens is 1. The molecule has 3 atom stereocenters. The van der Waals surface area contributed by atoms with Gasteiger partial charge in [0.15, 0.2) is 0 Å². The summed E-state index contributed by atoms with van der Waals surface area (Å²) in [6.45, 7) is 4.28. The van der Waals surface area contributed by atoms with Gasteiger partial charge in [-0.3, -0.25) is 0 Å². The van der Waals surface area contributed by atoms with Gasteiger partial charge in [0.25, 0.3) is 0 Å². The van der Waals surface area contributed by atoms with Crippen molar-refractivity contribution in [1.29, 1.82) is 0 Å². The van der Waals surface area contributed by atoms with E-state index in [2.05, 4.69) is 15.6 Å². The number of halogens is 3. The summed E-state index contributed by atoms with van der Waals surface area (Å²) in [5.74, 6) is -1.23. The average molecular weight is 349 g/mol. The molecule has 1 aliphatic rings. The summed E-state index contributed by atoms with van der Waals surface area (Å²) in [7, 11) is 0. The molecule has 1 fully saturated rings. The molecule has 0 aromatic carbocycles. The first-order valence-electron chi connectivity index (χ1n) is 7.78. The number of nitrogens with one attached hydrogen (secondary N) is 2. The molecule has 1 heterocycles. The molecular formula is C15H22F3N3OS. The largest absolute Gasteiger partial charge is 0.391 e. The van der Waals surface area contributed by atoms with Crippen molar-refractivity contribution in [3.63, 3.8) is 0 Å². The van der Waals surface area contributed by atoms with Crippen LogP contribution in [0.15, 0.2) is 5.38 Å². The molecule has 0 saturated heterocycles. The number of alkyl halides is 3. The zero-order valence-corrected chi connectivity index (χ0v) is 14.1. The lowest BCUT2D eigenvalue weighted by Gasteiger charge is -2.31. The molecule has 1 aliphatic carbocycles. The van der Waals surface area contributed by atoms with Gasteiger partial charge >= 0.3 is 12.2 Å². The molecule has 2 rings (SSSR count). The van der Waals surface area contributed by atoms with Gasteiger partial charge in [0.05, 0.1) is 10.9 Å². The molecule has 4 nitrogen and oxygen atoms in total. The van der Waals surface area contributed by atoms with Crippen LogP contribution in [-0.4, -0.2) is 29.8 Å². The van der Waals surface area contributed by atoms with E-state index in [1.54, 1.807) is 11.3 Å². The molecule has 0 spiro atoms. The number of hydrogen-bond donors (Lipinski definition) is 2. The topological polar surface area (TPSA) is 54.0 Å². The highest BCUT2D eigenvalue weighted by atomic mass is 32.1. The second-order valence-electron chi connectivity index (χ2n) is 6.18. The number of carbonyl (C=O) groups excluding carboxylic acids is 1. The molecule has 2 amide bonds. The van der Waals surface area contributed by atoms with Gasteiger partial charge in [-0.05, 0) is 26.2 Å². The molecule has 1 aromatic rings. The Morgan fingerprint density at radius 3 is 2.83 bits per heavy atom. The van der Waals surface area contributed by atoms with Gasteiger partial charge in [0.1, 0.15) is 0 Å². The van der Waals surface area contributed by atoms with E-state index in [1.807, 2.05) is 19.2 Å². The molecule has 8 heteroatoms. The number of nitrogens with zero attached hydrogens (tertiary/aromatic N) is 1. The van der Waals surface area contributed by atoms with Crippen molar-refractivity contribution in [1.82, 2.24) is 15.6 Å². The van der Waals surface area contributed by atoms with Crippen LogP contribution in [0.5, 0.6) is 0 Å². The van der Waals surface area contributed by atoms with Crippen LogP contribution in [0.25, 0.3) is 0 Å². The average Bonchev–Trinajstić information content (AvgIpc) is 2.91. The zero-order valence-electron chi connectivity index (χ0n) is 13.2. The van der Waals surface area contributed by atoms with Crippen LogP contribution in [0.2, 0.25) is 0 Å². The van der Waals surface area contributed by atoms with E-state index in [-0.39, 0.29) is 18.8 Å². The SMILES string of the molecule is Cc1csc([C@H](C)CNC(=O)N[C@H]2CCC[C@H](C(F)(F)F)C2)n1. The van der Waals surface area contributed by atoms with Crippen LogP contribution in [0.1, 0.15) is 49.2 Å². The Labute approximate surface area is 137 Å².